The molecule has 3 atom stereocenters. The van der Waals surface area contributed by atoms with Crippen molar-refractivity contribution in [2.24, 2.45) is 5.73 Å². The van der Waals surface area contributed by atoms with E-state index in [0.717, 1.165) is 16.7 Å². The maximum atomic E-state index is 13.0. The Balaban J connectivity index is 0.00000306. The molecule has 1 saturated heterocycles. The van der Waals surface area contributed by atoms with E-state index in [-0.39, 0.29) is 30.6 Å². The van der Waals surface area contributed by atoms with Crippen molar-refractivity contribution < 1.29 is 19.4 Å². The normalized spacial score (nSPS) is 21.2. The molecular weight excluding hydrogens is 444 g/mol. The van der Waals surface area contributed by atoms with Crippen LogP contribution in [0.3, 0.4) is 0 Å². The Kier molecular flexibility index (Phi) is 7.45. The van der Waals surface area contributed by atoms with E-state index in [4.69, 9.17) is 10.5 Å². The van der Waals surface area contributed by atoms with Gasteiger partial charge in [0.05, 0.1) is 12.8 Å². The first-order valence-electron chi connectivity index (χ1n) is 10.8. The predicted molar refractivity (Wildman–Crippen MR) is 129 cm³/mol. The van der Waals surface area contributed by atoms with Crippen LogP contribution < -0.4 is 21.3 Å². The second-order valence-corrected chi connectivity index (χ2v) is 9.28. The number of rotatable bonds is 4. The molecule has 33 heavy (non-hydrogen) atoms. The summed E-state index contributed by atoms with van der Waals surface area (Å²) in [7, 11) is 0. The SMILES string of the molecule is CC(C)(C)c1ccc(N2CCO[C@H]([C@@H](O)C(=O)Nc3ccc4c(c3)CNC4N)C2=O)cc1.Cl. The molecule has 2 aliphatic heterocycles. The van der Waals surface area contributed by atoms with Crippen LogP contribution in [-0.2, 0) is 26.3 Å². The minimum Gasteiger partial charge on any atom is -0.380 e. The van der Waals surface area contributed by atoms with E-state index in [1.54, 1.807) is 11.0 Å². The Hall–Kier alpha value is -2.49. The molecule has 2 heterocycles. The van der Waals surface area contributed by atoms with Gasteiger partial charge in [0.15, 0.2) is 12.2 Å². The van der Waals surface area contributed by atoms with Gasteiger partial charge in [-0.1, -0.05) is 39.0 Å². The number of ether oxygens (including phenoxy) is 1. The van der Waals surface area contributed by atoms with Gasteiger partial charge in [-0.3, -0.25) is 14.9 Å². The third kappa shape index (κ3) is 5.20. The van der Waals surface area contributed by atoms with Gasteiger partial charge in [-0.2, -0.15) is 0 Å². The summed E-state index contributed by atoms with van der Waals surface area (Å²) in [5.74, 6) is -1.13. The van der Waals surface area contributed by atoms with Gasteiger partial charge >= 0.3 is 0 Å². The number of nitrogens with zero attached hydrogens (tertiary/aromatic N) is 1. The molecule has 0 spiro atoms. The highest BCUT2D eigenvalue weighted by atomic mass is 35.5. The summed E-state index contributed by atoms with van der Waals surface area (Å²) in [4.78, 5) is 27.3. The standard InChI is InChI=1S/C24H30N4O4.ClH/c1-24(2,3)15-4-7-17(8-5-15)28-10-11-32-20(23(28)31)19(29)22(30)27-16-6-9-18-14(12-16)13-26-21(18)25;/h4-9,12,19-21,26,29H,10-11,13,25H2,1-3H3,(H,27,30);1H/t19-,20-,21?;/m1./s1. The Morgan fingerprint density at radius 1 is 1.24 bits per heavy atom. The number of aliphatic hydroxyl groups is 1. The molecule has 2 amide bonds. The van der Waals surface area contributed by atoms with Crippen LogP contribution in [0.4, 0.5) is 11.4 Å². The number of benzene rings is 2. The van der Waals surface area contributed by atoms with E-state index in [9.17, 15) is 14.7 Å². The number of morpholine rings is 1. The van der Waals surface area contributed by atoms with Crippen LogP contribution in [0.5, 0.6) is 0 Å². The summed E-state index contributed by atoms with van der Waals surface area (Å²) < 4.78 is 5.50. The Bertz CT molecular complexity index is 1020. The molecule has 0 aromatic heterocycles. The Morgan fingerprint density at radius 2 is 1.94 bits per heavy atom. The molecule has 9 heteroatoms. The molecule has 2 aromatic carbocycles. The third-order valence-electron chi connectivity index (χ3n) is 5.98. The summed E-state index contributed by atoms with van der Waals surface area (Å²) in [5, 5.41) is 16.4. The Labute approximate surface area is 199 Å². The number of nitrogens with one attached hydrogen (secondary N) is 2. The van der Waals surface area contributed by atoms with Gasteiger partial charge in [0, 0.05) is 24.5 Å². The largest absolute Gasteiger partial charge is 0.380 e. The first-order valence-corrected chi connectivity index (χ1v) is 10.8. The van der Waals surface area contributed by atoms with Crippen molar-refractivity contribution in [1.82, 2.24) is 5.32 Å². The predicted octanol–water partition coefficient (Wildman–Crippen LogP) is 2.20. The van der Waals surface area contributed by atoms with Crippen molar-refractivity contribution in [1.29, 1.82) is 0 Å². The number of aliphatic hydroxyl groups excluding tert-OH is 1. The second kappa shape index (κ2) is 9.79. The van der Waals surface area contributed by atoms with Gasteiger partial charge in [0.1, 0.15) is 0 Å². The van der Waals surface area contributed by atoms with Gasteiger partial charge in [0.25, 0.3) is 11.8 Å². The van der Waals surface area contributed by atoms with E-state index in [0.29, 0.717) is 24.5 Å². The zero-order valence-electron chi connectivity index (χ0n) is 19.0. The minimum atomic E-state index is -1.63. The molecule has 178 valence electrons. The molecule has 1 fully saturated rings. The number of nitrogens with two attached hydrogens (primary N) is 1. The van der Waals surface area contributed by atoms with E-state index in [2.05, 4.69) is 31.4 Å². The molecule has 2 aromatic rings. The lowest BCUT2D eigenvalue weighted by molar-refractivity contribution is -0.150. The molecule has 2 aliphatic rings. The van der Waals surface area contributed by atoms with Crippen LogP contribution >= 0.6 is 12.4 Å². The summed E-state index contributed by atoms with van der Waals surface area (Å²) >= 11 is 0. The first kappa shape index (κ1) is 25.1. The van der Waals surface area contributed by atoms with Crippen LogP contribution in [0.25, 0.3) is 0 Å². The molecule has 0 saturated carbocycles. The van der Waals surface area contributed by atoms with E-state index in [1.807, 2.05) is 36.4 Å². The smallest absolute Gasteiger partial charge is 0.259 e. The van der Waals surface area contributed by atoms with Crippen molar-refractivity contribution >= 4 is 35.6 Å². The number of anilines is 2. The highest BCUT2D eigenvalue weighted by Crippen LogP contribution is 2.27. The van der Waals surface area contributed by atoms with Crippen molar-refractivity contribution in [3.63, 3.8) is 0 Å². The molecular formula is C24H31ClN4O4. The van der Waals surface area contributed by atoms with Gasteiger partial charge in [-0.25, -0.2) is 0 Å². The summed E-state index contributed by atoms with van der Waals surface area (Å²) in [5.41, 5.74) is 10.3. The average Bonchev–Trinajstić information content (AvgIpc) is 3.13. The third-order valence-corrected chi connectivity index (χ3v) is 5.98. The number of amides is 2. The molecule has 0 aliphatic carbocycles. The summed E-state index contributed by atoms with van der Waals surface area (Å²) in [6, 6.07) is 13.1. The topological polar surface area (TPSA) is 117 Å². The van der Waals surface area contributed by atoms with Crippen LogP contribution in [0, 0.1) is 0 Å². The summed E-state index contributed by atoms with van der Waals surface area (Å²) in [6.07, 6.45) is -3.12. The lowest BCUT2D eigenvalue weighted by Crippen LogP contribution is -2.55. The van der Waals surface area contributed by atoms with Crippen LogP contribution in [0.1, 0.15) is 43.6 Å². The monoisotopic (exact) mass is 474 g/mol. The maximum Gasteiger partial charge on any atom is 0.259 e. The highest BCUT2D eigenvalue weighted by Gasteiger charge is 2.39. The van der Waals surface area contributed by atoms with E-state index >= 15 is 0 Å². The minimum absolute atomic E-state index is 0. The van der Waals surface area contributed by atoms with Gasteiger partial charge in [-0.05, 0) is 46.4 Å². The van der Waals surface area contributed by atoms with Gasteiger partial charge < -0.3 is 25.8 Å². The van der Waals surface area contributed by atoms with Gasteiger partial charge in [0.2, 0.25) is 0 Å². The summed E-state index contributed by atoms with van der Waals surface area (Å²) in [6.45, 7) is 7.56. The molecule has 0 radical (unpaired) electrons. The second-order valence-electron chi connectivity index (χ2n) is 9.28. The first-order chi connectivity index (χ1) is 15.1. The van der Waals surface area contributed by atoms with Crippen molar-refractivity contribution in [2.45, 2.75) is 51.1 Å². The zero-order valence-corrected chi connectivity index (χ0v) is 19.8. The lowest BCUT2D eigenvalue weighted by Gasteiger charge is -2.34. The molecule has 1 unspecified atom stereocenters. The molecule has 4 rings (SSSR count). The number of hydrogen-bond donors (Lipinski definition) is 4. The average molecular weight is 475 g/mol. The number of fused-ring (bicyclic) bond motifs is 1. The van der Waals surface area contributed by atoms with E-state index < -0.39 is 24.0 Å². The zero-order chi connectivity index (χ0) is 23.0. The van der Waals surface area contributed by atoms with Crippen molar-refractivity contribution in [3.8, 4) is 0 Å². The van der Waals surface area contributed by atoms with Gasteiger partial charge in [-0.15, -0.1) is 12.4 Å². The van der Waals surface area contributed by atoms with Crippen LogP contribution in [0.2, 0.25) is 0 Å². The fourth-order valence-corrected chi connectivity index (χ4v) is 4.05. The Morgan fingerprint density at radius 3 is 2.61 bits per heavy atom. The lowest BCUT2D eigenvalue weighted by atomic mass is 9.87. The molecule has 5 N–H and O–H groups in total. The van der Waals surface area contributed by atoms with Crippen molar-refractivity contribution in [3.05, 3.63) is 59.2 Å². The quantitative estimate of drug-likeness (QED) is 0.539. The highest BCUT2D eigenvalue weighted by molar-refractivity contribution is 6.03. The maximum absolute atomic E-state index is 13.0. The number of hydrogen-bond acceptors (Lipinski definition) is 6. The van der Waals surface area contributed by atoms with Crippen LogP contribution in [0.15, 0.2) is 42.5 Å². The molecule has 8 nitrogen and oxygen atoms in total. The number of halogens is 1. The number of carbonyl (C=O) groups excluding carboxylic acids is 2. The molecule has 0 bridgehead atoms. The fourth-order valence-electron chi connectivity index (χ4n) is 4.05. The van der Waals surface area contributed by atoms with Crippen LogP contribution in [-0.4, -0.2) is 42.3 Å². The van der Waals surface area contributed by atoms with E-state index in [1.165, 1.54) is 0 Å². The fraction of sp³-hybridized carbons (Fsp3) is 0.417. The van der Waals surface area contributed by atoms with Crippen molar-refractivity contribution in [2.75, 3.05) is 23.4 Å². The number of carbonyl (C=O) groups is 2.